The van der Waals surface area contributed by atoms with Crippen molar-refractivity contribution in [1.82, 2.24) is 10.6 Å². The van der Waals surface area contributed by atoms with Crippen LogP contribution in [0.4, 0.5) is 0 Å². The summed E-state index contributed by atoms with van der Waals surface area (Å²) in [6.45, 7) is 25.2. The number of thiophene rings is 8. The Kier molecular flexibility index (Phi) is 31.4. The number of nitrogens with one attached hydrogen (secondary N) is 2. The van der Waals surface area contributed by atoms with Gasteiger partial charge in [0.25, 0.3) is 0 Å². The fraction of sp³-hybridized carbons (Fsp3) is 0.600. The number of likely N-dealkylation sites (N-methyl/N-ethyl adjacent to an activating group) is 1. The van der Waals surface area contributed by atoms with Crippen molar-refractivity contribution in [2.45, 2.75) is 218 Å². The summed E-state index contributed by atoms with van der Waals surface area (Å²) >= 11 is 14.5. The highest BCUT2D eigenvalue weighted by Gasteiger charge is 2.35. The lowest BCUT2D eigenvalue weighted by Crippen LogP contribution is -2.42. The van der Waals surface area contributed by atoms with Crippen LogP contribution in [0.1, 0.15) is 217 Å². The summed E-state index contributed by atoms with van der Waals surface area (Å²) < 4.78 is 66.6. The van der Waals surface area contributed by atoms with E-state index in [1.807, 2.05) is 118 Å². The number of aryl methyl sites for hydroxylation is 1. The number of hydrogen-bond donors (Lipinski definition) is 8. The van der Waals surface area contributed by atoms with E-state index >= 15 is 0 Å². The van der Waals surface area contributed by atoms with E-state index in [1.54, 1.807) is 11.3 Å². The van der Waals surface area contributed by atoms with Crippen LogP contribution in [-0.4, -0.2) is 115 Å². The van der Waals surface area contributed by atoms with E-state index in [-0.39, 0.29) is 72.4 Å². The topological polar surface area (TPSA) is 254 Å². The lowest BCUT2D eigenvalue weighted by atomic mass is 9.91. The first kappa shape index (κ1) is 79.1. The highest BCUT2D eigenvalue weighted by molar-refractivity contribution is 7.12. The van der Waals surface area contributed by atoms with Crippen molar-refractivity contribution in [2.24, 2.45) is 46.2 Å². The third kappa shape index (κ3) is 22.6. The number of ether oxygens (including phenoxy) is 8. The molecule has 0 saturated heterocycles. The van der Waals surface area contributed by atoms with E-state index in [1.165, 1.54) is 96.4 Å². The molecule has 17 rings (SSSR count). The first-order valence-corrected chi connectivity index (χ1v) is 44.4. The Hall–Kier alpha value is -3.04. The van der Waals surface area contributed by atoms with Crippen LogP contribution in [0.25, 0.3) is 0 Å². The van der Waals surface area contributed by atoms with E-state index in [4.69, 9.17) is 76.4 Å². The van der Waals surface area contributed by atoms with Crippen LogP contribution >= 0.6 is 90.7 Å². The molecule has 3 unspecified atom stereocenters. The van der Waals surface area contributed by atoms with Crippen LogP contribution in [0.5, 0.6) is 0 Å². The summed E-state index contributed by atoms with van der Waals surface area (Å²) in [6.07, 6.45) is 13.1. The molecule has 574 valence electrons. The molecule has 0 spiro atoms. The Morgan fingerprint density at radius 2 is 0.779 bits per heavy atom. The third-order valence-corrected chi connectivity index (χ3v) is 28.0. The van der Waals surface area contributed by atoms with Crippen molar-refractivity contribution in [1.29, 1.82) is 0 Å². The number of rotatable bonds is 14. The van der Waals surface area contributed by atoms with E-state index in [2.05, 4.69) is 119 Å². The van der Waals surface area contributed by atoms with Gasteiger partial charge in [-0.2, -0.15) is 0 Å². The maximum Gasteiger partial charge on any atom is 0.101 e. The van der Waals surface area contributed by atoms with Gasteiger partial charge < -0.3 is 82.9 Å². The molecule has 24 heteroatoms. The standard InChI is InChI=1S/C11H15NOS.2C11H17NOS.2C10H15NOS.3C9H13NOS/c1-2-8(1)12-7-10-9-4-6-14-11(9)3-5-13-10;2*1-7(2)10(12)11-8-4-6-14-9(8)3-5-13-11;1-10(2,11)9-7-4-6-13-8(7)3-5-12-9;1-2-7-6-13-9-3-4-12-8(5-11)10(7)9;1-10-6-8-7-3-5-12-9(7)2-4-11-8;2*1-6(10)9-7-3-5-12-8(7)2-4-11-9/h4,6,8,10,12H,1-3,5,7H2;2*4,6-7,10-11H,3,5,12H2,1-2H3;4,6,9H,3,5,11H2,1-2H3;6,8H,2-5,11H2,1H3;3,5,8,10H,2,4,6H2,1H3;2*3,5-6,9H,2,4,10H2,1H3/t;10-,11+;10-,11-;;8-;;6-,9+;6-,9-/m.00.1.00/s1/i;;;;;1D3;;. The molecule has 0 aromatic carbocycles. The Morgan fingerprint density at radius 1 is 0.442 bits per heavy atom. The predicted molar refractivity (Wildman–Crippen MR) is 438 cm³/mol. The largest absolute Gasteiger partial charge is 0.372 e. The minimum Gasteiger partial charge on any atom is -0.372 e. The van der Waals surface area contributed by atoms with Crippen LogP contribution in [0.3, 0.4) is 0 Å². The van der Waals surface area contributed by atoms with Crippen molar-refractivity contribution < 1.29 is 42.0 Å². The Labute approximate surface area is 656 Å². The molecule has 9 aliphatic rings. The summed E-state index contributed by atoms with van der Waals surface area (Å²) in [7, 11) is 0. The molecule has 0 amide bonds. The van der Waals surface area contributed by atoms with Gasteiger partial charge in [0.05, 0.1) is 95.6 Å². The molecule has 0 radical (unpaired) electrons. The molecule has 12 atom stereocenters. The molecule has 14 N–H and O–H groups in total. The molecule has 0 bridgehead atoms. The molecule has 16 heterocycles. The highest BCUT2D eigenvalue weighted by atomic mass is 32.1. The van der Waals surface area contributed by atoms with Gasteiger partial charge >= 0.3 is 0 Å². The lowest BCUT2D eigenvalue weighted by molar-refractivity contribution is 0.000270. The summed E-state index contributed by atoms with van der Waals surface area (Å²) in [4.78, 5) is 11.6. The quantitative estimate of drug-likeness (QED) is 0.0504. The zero-order valence-electron chi connectivity index (χ0n) is 65.4. The Bertz CT molecular complexity index is 3750. The summed E-state index contributed by atoms with van der Waals surface area (Å²) in [5.41, 5.74) is 47.3. The smallest absolute Gasteiger partial charge is 0.101 e. The summed E-state index contributed by atoms with van der Waals surface area (Å²) in [5.74, 6) is 0.927. The van der Waals surface area contributed by atoms with Crippen LogP contribution in [-0.2, 0) is 95.7 Å². The lowest BCUT2D eigenvalue weighted by Gasteiger charge is -2.33. The maximum absolute atomic E-state index is 7.07. The van der Waals surface area contributed by atoms with Gasteiger partial charge in [0, 0.05) is 150 Å². The second-order valence-electron chi connectivity index (χ2n) is 29.0. The molecule has 104 heavy (non-hydrogen) atoms. The summed E-state index contributed by atoms with van der Waals surface area (Å²) in [5, 5.41) is 23.1. The summed E-state index contributed by atoms with van der Waals surface area (Å²) in [6, 6.07) is 16.2. The molecule has 1 fully saturated rings. The minimum atomic E-state index is -2.09. The molecule has 16 nitrogen and oxygen atoms in total. The van der Waals surface area contributed by atoms with E-state index in [0.29, 0.717) is 37.6 Å². The number of nitrogens with two attached hydrogens (primary N) is 6. The zero-order chi connectivity index (χ0) is 76.4. The Morgan fingerprint density at radius 3 is 1.15 bits per heavy atom. The van der Waals surface area contributed by atoms with Gasteiger partial charge in [-0.1, -0.05) is 34.6 Å². The molecular formula is C80H118N8O8S8. The van der Waals surface area contributed by atoms with Gasteiger partial charge in [-0.3, -0.25) is 0 Å². The van der Waals surface area contributed by atoms with E-state index in [9.17, 15) is 0 Å². The first-order valence-electron chi connectivity index (χ1n) is 38.9. The van der Waals surface area contributed by atoms with Crippen molar-refractivity contribution in [3.8, 4) is 0 Å². The number of fused-ring (bicyclic) bond motifs is 8. The maximum atomic E-state index is 7.07. The molecule has 8 aromatic heterocycles. The first-order chi connectivity index (χ1) is 51.4. The third-order valence-electron chi connectivity index (χ3n) is 20.0. The van der Waals surface area contributed by atoms with Gasteiger partial charge in [0.15, 0.2) is 0 Å². The van der Waals surface area contributed by atoms with Crippen LogP contribution in [0.2, 0.25) is 0 Å². The predicted octanol–water partition coefficient (Wildman–Crippen LogP) is 15.8. The zero-order valence-corrected chi connectivity index (χ0v) is 68.9. The second-order valence-corrected chi connectivity index (χ2v) is 37.0. The van der Waals surface area contributed by atoms with Crippen molar-refractivity contribution >= 4 is 90.7 Å². The van der Waals surface area contributed by atoms with Gasteiger partial charge in [-0.05, 0) is 201 Å². The van der Waals surface area contributed by atoms with E-state index in [0.717, 1.165) is 122 Å². The van der Waals surface area contributed by atoms with Gasteiger partial charge in [-0.15, -0.1) is 90.7 Å². The van der Waals surface area contributed by atoms with Crippen LogP contribution < -0.4 is 45.0 Å². The minimum absolute atomic E-state index is 0.0718. The van der Waals surface area contributed by atoms with Crippen molar-refractivity contribution in [2.75, 3.05) is 79.5 Å². The SMILES string of the molecule is CC(C)(N)C1OCCc2sccc21.CC(C)[C@H](N)[C@@H]1OCCc2sccc21.CC(C)[C@H](N)[C@H]1OCCc2sccc21.CCc1csc2c1[C@@H](CN)OCC2.C[C@H](N)[C@@H]1OCCc2sccc21.C[C@H](N)[C@H]1OCCc2sccc21.[2H]C([2H])([2H])NCC1OCCc2sccc21.c1cc2c(s1)CCOC2CNC1CC1. The highest BCUT2D eigenvalue weighted by Crippen LogP contribution is 2.41. The Balaban J connectivity index is 0.000000131. The van der Waals surface area contributed by atoms with Crippen LogP contribution in [0, 0.1) is 11.8 Å². The normalized spacial score (nSPS) is 24.3. The average Bonchev–Trinajstić information content (AvgIpc) is 1.74. The molecule has 1 saturated carbocycles. The fourth-order valence-corrected chi connectivity index (χ4v) is 21.5. The fourth-order valence-electron chi connectivity index (χ4n) is 14.0. The molecule has 8 aromatic rings. The van der Waals surface area contributed by atoms with Gasteiger partial charge in [0.1, 0.15) is 6.10 Å². The van der Waals surface area contributed by atoms with Crippen molar-refractivity contribution in [3.05, 3.63) is 175 Å². The average molecular weight is 1580 g/mol. The number of hydrogen-bond acceptors (Lipinski definition) is 24. The van der Waals surface area contributed by atoms with E-state index < -0.39 is 6.98 Å². The van der Waals surface area contributed by atoms with Crippen LogP contribution in [0.15, 0.2) is 85.5 Å². The molecule has 8 aliphatic heterocycles. The molecular weight excluding hydrogens is 1460 g/mol. The van der Waals surface area contributed by atoms with Gasteiger partial charge in [-0.25, -0.2) is 0 Å². The second kappa shape index (κ2) is 41.3. The monoisotopic (exact) mass is 1580 g/mol. The van der Waals surface area contributed by atoms with Crippen molar-refractivity contribution in [3.63, 3.8) is 0 Å². The van der Waals surface area contributed by atoms with Gasteiger partial charge in [0.2, 0.25) is 0 Å². The molecule has 1 aliphatic carbocycles.